The number of para-hydroxylation sites is 1. The zero-order valence-corrected chi connectivity index (χ0v) is 91.2. The van der Waals surface area contributed by atoms with Crippen molar-refractivity contribution in [3.63, 3.8) is 0 Å². The molecule has 0 atom stereocenters. The van der Waals surface area contributed by atoms with Crippen molar-refractivity contribution in [1.82, 2.24) is 19.7 Å². The second kappa shape index (κ2) is 64.2. The van der Waals surface area contributed by atoms with E-state index in [9.17, 15) is 47.9 Å². The van der Waals surface area contributed by atoms with Gasteiger partial charge in [0.1, 0.15) is 22.1 Å². The zero-order chi connectivity index (χ0) is 105. The molecule has 13 rings (SSSR count). The Kier molecular flexibility index (Phi) is 59.2. The number of Topliss-reactive ketones (excluding diaryl/α,β-unsaturated/α-hetero) is 10. The lowest BCUT2D eigenvalue weighted by Crippen LogP contribution is -2.04. The molecule has 0 bridgehead atoms. The second-order valence-corrected chi connectivity index (χ2v) is 34.0. The van der Waals surface area contributed by atoms with Crippen molar-refractivity contribution in [2.75, 3.05) is 124 Å². The summed E-state index contributed by atoms with van der Waals surface area (Å²) in [7, 11) is 20.0. The summed E-state index contributed by atoms with van der Waals surface area (Å²) in [5, 5.41) is 39.7. The van der Waals surface area contributed by atoms with Crippen molar-refractivity contribution in [2.24, 2.45) is 7.05 Å². The first kappa shape index (κ1) is 126. The Labute approximate surface area is 831 Å². The number of nitrogens with zero attached hydrogens (tertiary/aromatic N) is 4. The van der Waals surface area contributed by atoms with E-state index in [0.717, 1.165) is 164 Å². The topological polar surface area (TPSA) is 348 Å². The first-order valence-electron chi connectivity index (χ1n) is 45.2. The second-order valence-electron chi connectivity index (χ2n) is 29.5. The molecule has 0 saturated carbocycles. The summed E-state index contributed by atoms with van der Waals surface area (Å²) < 4.78 is 8.11. The molecule has 0 aliphatic heterocycles. The van der Waals surface area contributed by atoms with Crippen molar-refractivity contribution >= 4 is 191 Å². The van der Waals surface area contributed by atoms with E-state index in [1.165, 1.54) is 46.1 Å². The minimum atomic E-state index is -0.0458. The number of rotatable bonds is 20. The Balaban J connectivity index is 0. The number of carbonyl (C=O) groups is 10. The molecule has 137 heavy (non-hydrogen) atoms. The largest absolute Gasteiger partial charge is 0.456 e. The Morgan fingerprint density at radius 2 is 0.803 bits per heavy atom. The third-order valence-corrected chi connectivity index (χ3v) is 25.3. The molecule has 8 heterocycles. The van der Waals surface area contributed by atoms with Gasteiger partial charge in [0.15, 0.2) is 63.6 Å². The maximum absolute atomic E-state index is 11.4. The molecule has 0 amide bonds. The minimum absolute atomic E-state index is 0. The van der Waals surface area contributed by atoms with Gasteiger partial charge in [0, 0.05) is 189 Å². The molecule has 0 spiro atoms. The Hall–Kier alpha value is -12.8. The average molecular weight is 1950 g/mol. The number of aromatic nitrogens is 4. The van der Waals surface area contributed by atoms with Gasteiger partial charge in [-0.25, -0.2) is 9.97 Å². The number of hydrogen-bond donors (Lipinski definition) is 10. The summed E-state index contributed by atoms with van der Waals surface area (Å²) in [6.45, 7) is 53.3. The molecule has 5 aromatic carbocycles. The summed E-state index contributed by atoms with van der Waals surface area (Å²) >= 11 is 6.18. The summed E-state index contributed by atoms with van der Waals surface area (Å²) in [5.41, 5.74) is 19.9. The van der Waals surface area contributed by atoms with E-state index in [1.54, 1.807) is 121 Å². The highest BCUT2D eigenvalue weighted by atomic mass is 32.1. The number of hydrogen-bond acceptors (Lipinski definition) is 28. The van der Waals surface area contributed by atoms with Gasteiger partial charge in [0.2, 0.25) is 0 Å². The van der Waals surface area contributed by atoms with Crippen LogP contribution in [0.4, 0.5) is 56.3 Å². The third kappa shape index (κ3) is 36.3. The smallest absolute Gasteiger partial charge is 0.197 e. The maximum Gasteiger partial charge on any atom is 0.197 e. The van der Waals surface area contributed by atoms with Crippen LogP contribution in [0.15, 0.2) is 126 Å². The van der Waals surface area contributed by atoms with Gasteiger partial charge in [-0.05, 0) is 210 Å². The van der Waals surface area contributed by atoms with Gasteiger partial charge in [-0.15, -0.1) is 45.3 Å². The quantitative estimate of drug-likeness (QED) is 0.0317. The molecule has 0 aliphatic carbocycles. The molecular weight excluding hydrogens is 1800 g/mol. The highest BCUT2D eigenvalue weighted by Crippen LogP contribution is 2.38. The van der Waals surface area contributed by atoms with Gasteiger partial charge in [0.05, 0.1) is 64.9 Å². The van der Waals surface area contributed by atoms with Gasteiger partial charge >= 0.3 is 0 Å². The van der Waals surface area contributed by atoms with Crippen LogP contribution in [-0.4, -0.2) is 148 Å². The summed E-state index contributed by atoms with van der Waals surface area (Å²) in [4.78, 5) is 126. The predicted molar refractivity (Wildman–Crippen MR) is 593 cm³/mol. The average Bonchev–Trinajstić information content (AvgIpc) is 1.58. The van der Waals surface area contributed by atoms with E-state index in [1.807, 2.05) is 303 Å². The van der Waals surface area contributed by atoms with Gasteiger partial charge < -0.3 is 57.6 Å². The number of aryl methyl sites for hydroxylation is 9. The van der Waals surface area contributed by atoms with Crippen LogP contribution in [0.5, 0.6) is 0 Å². The van der Waals surface area contributed by atoms with E-state index in [0.29, 0.717) is 17.0 Å². The van der Waals surface area contributed by atoms with E-state index < -0.39 is 0 Å². The standard InChI is InChI=1S/C13H13NO.C11H11NOS.C11H15NO.C10H10N2OS.C10H13NO.C9H12N2O.C9H13NO2.2C9H13NOS.C8H13N3O.4C2H6.CH4/c1-9(15)12-7-10-5-3-4-6-11(10)8-13(12)14-2;1-7(13)11-10(12-2)8-5-3-4-6-9(8)14-11;1-7-5-10(9(3)13)11(12-4)6-8(7)2;1-6(13)9-8(11-2)7-4-3-5-12-10(7)14-9;1-7-5-4-6-9(8(2)12)10(7)11-3;1-6-4-5-8(10-3)9(11-6)7(2)12;2*1-5-7(3)12-9(6(2)11)8(5)10-4;1-5-7(3)12-9(10-4)8(5)6(2)11;1-5-7(6(2)12)8(9-3)11(4)10-5;4*1-2;/h3-8,14H,1-2H3;3-6,12H,1-2H3;5-6,12H,1-4H3;3-5,11H,1-2H3;4-6,11H,1-3H3;4-5,10H,1-3H3;3*10H,1-4H3;9H,1-4H3;4*1-2H3;1H4. The van der Waals surface area contributed by atoms with E-state index in [2.05, 4.69) is 68.2 Å². The molecule has 0 fully saturated rings. The van der Waals surface area contributed by atoms with E-state index in [-0.39, 0.29) is 65.3 Å². The van der Waals surface area contributed by atoms with Gasteiger partial charge in [-0.2, -0.15) is 5.10 Å². The van der Waals surface area contributed by atoms with Crippen molar-refractivity contribution in [2.45, 2.75) is 208 Å². The molecule has 0 radical (unpaired) electrons. The number of pyridine rings is 2. The van der Waals surface area contributed by atoms with Crippen molar-refractivity contribution in [1.29, 1.82) is 0 Å². The molecular formula is C108H154N14O11S4. The summed E-state index contributed by atoms with van der Waals surface area (Å²) in [5.74, 6) is 2.76. The number of carbonyl (C=O) groups excluding carboxylic acids is 10. The monoisotopic (exact) mass is 1950 g/mol. The van der Waals surface area contributed by atoms with Crippen LogP contribution in [0.3, 0.4) is 0 Å². The molecule has 0 unspecified atom stereocenters. The van der Waals surface area contributed by atoms with Crippen LogP contribution < -0.4 is 53.2 Å². The first-order valence-corrected chi connectivity index (χ1v) is 48.4. The highest BCUT2D eigenvalue weighted by Gasteiger charge is 2.22. The fourth-order valence-electron chi connectivity index (χ4n) is 13.3. The molecule has 25 nitrogen and oxygen atoms in total. The zero-order valence-electron chi connectivity index (χ0n) is 88.0. The number of benzene rings is 5. The van der Waals surface area contributed by atoms with Crippen LogP contribution in [0.2, 0.25) is 0 Å². The lowest BCUT2D eigenvalue weighted by atomic mass is 10.0. The number of thiophene rings is 4. The molecule has 29 heteroatoms. The molecule has 13 aromatic rings. The van der Waals surface area contributed by atoms with Gasteiger partial charge in [0.25, 0.3) is 0 Å². The van der Waals surface area contributed by atoms with Crippen LogP contribution in [0, 0.1) is 76.2 Å². The molecule has 0 aliphatic rings. The lowest BCUT2D eigenvalue weighted by Gasteiger charge is -2.09. The third-order valence-electron chi connectivity index (χ3n) is 20.2. The molecule has 10 N–H and O–H groups in total. The van der Waals surface area contributed by atoms with Crippen LogP contribution >= 0.6 is 45.3 Å². The first-order chi connectivity index (χ1) is 64.4. The van der Waals surface area contributed by atoms with E-state index in [4.69, 9.17) is 4.42 Å². The van der Waals surface area contributed by atoms with Crippen LogP contribution in [0.1, 0.15) is 294 Å². The van der Waals surface area contributed by atoms with Gasteiger partial charge in [-0.1, -0.05) is 117 Å². The van der Waals surface area contributed by atoms with Crippen LogP contribution in [-0.2, 0) is 7.05 Å². The Morgan fingerprint density at radius 3 is 1.23 bits per heavy atom. The summed E-state index contributed by atoms with van der Waals surface area (Å²) in [6.07, 6.45) is 1.74. The molecule has 0 saturated heterocycles. The van der Waals surface area contributed by atoms with Crippen molar-refractivity contribution < 1.29 is 52.4 Å². The number of anilines is 10. The Morgan fingerprint density at radius 1 is 0.350 bits per heavy atom. The maximum atomic E-state index is 11.4. The fourth-order valence-corrected chi connectivity index (χ4v) is 17.6. The molecule has 746 valence electrons. The normalized spacial score (nSPS) is 9.55. The minimum Gasteiger partial charge on any atom is -0.456 e. The molecule has 8 aromatic heterocycles. The van der Waals surface area contributed by atoms with Gasteiger partial charge in [-0.3, -0.25) is 52.6 Å². The number of fused-ring (bicyclic) bond motifs is 3. The van der Waals surface area contributed by atoms with Crippen molar-refractivity contribution in [3.8, 4) is 0 Å². The number of nitrogens with one attached hydrogen (secondary N) is 10. The highest BCUT2D eigenvalue weighted by molar-refractivity contribution is 7.22. The lowest BCUT2D eigenvalue weighted by molar-refractivity contribution is 0.0981. The van der Waals surface area contributed by atoms with E-state index >= 15 is 0 Å². The van der Waals surface area contributed by atoms with Crippen LogP contribution in [0.25, 0.3) is 31.1 Å². The number of ketones is 10. The predicted octanol–water partition coefficient (Wildman–Crippen LogP) is 28.3. The SMILES string of the molecule is C.CC.CC.CC.CC.CNc1c(C(C)=O)c(C)nn1C.CNc1c(C(C)=O)oc(C)c1C.CNc1c(C(C)=O)sc(C)c1C.CNc1c(C(C)=O)sc2ccccc12.CNc1c(C(C)=O)sc2ncccc12.CNc1c(C)cccc1C(C)=O.CNc1cc(C)c(C)cc1C(C)=O.CNc1cc2ccccc2cc1C(C)=O.CNc1ccc(C)nc1C(C)=O.CNc1sc(C)c(C)c1C(C)=O. The number of furan rings is 1. The fraction of sp³-hybridized carbons (Fsp3) is 0.380. The van der Waals surface area contributed by atoms with Crippen molar-refractivity contribution in [3.05, 3.63) is 236 Å². The summed E-state index contributed by atoms with van der Waals surface area (Å²) in [6, 6.07) is 37.2. The Bertz CT molecular complexity index is 5960.